The van der Waals surface area contributed by atoms with Crippen molar-refractivity contribution in [1.82, 2.24) is 4.98 Å². The summed E-state index contributed by atoms with van der Waals surface area (Å²) in [7, 11) is 0. The molecule has 0 fully saturated rings. The Kier molecular flexibility index (Phi) is 4.62. The summed E-state index contributed by atoms with van der Waals surface area (Å²) in [6, 6.07) is 10.8. The number of halogens is 1. The number of nitrogens with zero attached hydrogens (tertiary/aromatic N) is 1. The Labute approximate surface area is 147 Å². The van der Waals surface area contributed by atoms with Crippen molar-refractivity contribution in [3.8, 4) is 0 Å². The lowest BCUT2D eigenvalue weighted by molar-refractivity contribution is -0.118. The highest BCUT2D eigenvalue weighted by Crippen LogP contribution is 2.26. The molecule has 1 heterocycles. The number of H-pyrrole nitrogens is 1. The van der Waals surface area contributed by atoms with Crippen molar-refractivity contribution in [3.05, 3.63) is 65.1 Å². The fraction of sp³-hybridized carbons (Fsp3) is 0.286. The molecule has 0 aliphatic rings. The summed E-state index contributed by atoms with van der Waals surface area (Å²) < 4.78 is 13.4. The molecule has 3 rings (SSSR count). The number of aromatic amines is 1. The van der Waals surface area contributed by atoms with E-state index in [1.54, 1.807) is 12.3 Å². The van der Waals surface area contributed by atoms with Crippen molar-refractivity contribution in [3.63, 3.8) is 0 Å². The molecule has 0 saturated carbocycles. The molecule has 130 valence electrons. The van der Waals surface area contributed by atoms with E-state index in [0.717, 1.165) is 27.8 Å². The first kappa shape index (κ1) is 17.2. The van der Waals surface area contributed by atoms with Crippen molar-refractivity contribution in [1.29, 1.82) is 0 Å². The number of aromatic nitrogens is 1. The summed E-state index contributed by atoms with van der Waals surface area (Å²) in [6.45, 7) is 8.08. The average molecular weight is 338 g/mol. The van der Waals surface area contributed by atoms with Crippen LogP contribution in [0.4, 0.5) is 10.1 Å². The zero-order valence-corrected chi connectivity index (χ0v) is 15.1. The van der Waals surface area contributed by atoms with Gasteiger partial charge in [-0.2, -0.15) is 0 Å². The highest BCUT2D eigenvalue weighted by atomic mass is 19.1. The van der Waals surface area contributed by atoms with Gasteiger partial charge in [-0.3, -0.25) is 4.79 Å². The first-order valence-electron chi connectivity index (χ1n) is 8.51. The number of rotatable bonds is 4. The number of amides is 1. The minimum Gasteiger partial charge on any atom is -0.361 e. The number of benzene rings is 2. The predicted octanol–water partition coefficient (Wildman–Crippen LogP) is 4.91. The molecule has 0 bridgehead atoms. The molecule has 4 heteroatoms. The van der Waals surface area contributed by atoms with Crippen LogP contribution in [0.5, 0.6) is 0 Å². The Morgan fingerprint density at radius 3 is 2.64 bits per heavy atom. The number of anilines is 1. The van der Waals surface area contributed by atoms with Gasteiger partial charge in [0, 0.05) is 28.8 Å². The SMILES string of the molecule is Cc1ccc(C)c(N(C(=O)Cc2c[nH]c3cc(F)ccc23)C(C)C)c1. The smallest absolute Gasteiger partial charge is 0.231 e. The van der Waals surface area contributed by atoms with E-state index in [1.807, 2.05) is 38.7 Å². The number of nitrogens with one attached hydrogen (secondary N) is 1. The zero-order valence-electron chi connectivity index (χ0n) is 15.1. The van der Waals surface area contributed by atoms with E-state index < -0.39 is 0 Å². The van der Waals surface area contributed by atoms with Crippen LogP contribution >= 0.6 is 0 Å². The molecule has 0 atom stereocenters. The monoisotopic (exact) mass is 338 g/mol. The zero-order chi connectivity index (χ0) is 18.1. The predicted molar refractivity (Wildman–Crippen MR) is 100 cm³/mol. The molecule has 1 N–H and O–H groups in total. The van der Waals surface area contributed by atoms with E-state index in [4.69, 9.17) is 0 Å². The third-order valence-electron chi connectivity index (χ3n) is 4.48. The van der Waals surface area contributed by atoms with Gasteiger partial charge in [0.05, 0.1) is 6.42 Å². The molecular formula is C21H23FN2O. The highest BCUT2D eigenvalue weighted by Gasteiger charge is 2.22. The van der Waals surface area contributed by atoms with Crippen molar-refractivity contribution in [2.75, 3.05) is 4.90 Å². The van der Waals surface area contributed by atoms with E-state index in [9.17, 15) is 9.18 Å². The van der Waals surface area contributed by atoms with Crippen LogP contribution in [-0.2, 0) is 11.2 Å². The van der Waals surface area contributed by atoms with Gasteiger partial charge in [0.15, 0.2) is 0 Å². The summed E-state index contributed by atoms with van der Waals surface area (Å²) in [5, 5.41) is 0.888. The number of carbonyl (C=O) groups is 1. The van der Waals surface area contributed by atoms with Gasteiger partial charge in [-0.15, -0.1) is 0 Å². The van der Waals surface area contributed by atoms with Crippen molar-refractivity contribution < 1.29 is 9.18 Å². The maximum Gasteiger partial charge on any atom is 0.231 e. The molecule has 1 aromatic heterocycles. The van der Waals surface area contributed by atoms with Gasteiger partial charge < -0.3 is 9.88 Å². The lowest BCUT2D eigenvalue weighted by Crippen LogP contribution is -2.38. The second-order valence-electron chi connectivity index (χ2n) is 6.83. The molecular weight excluding hydrogens is 315 g/mol. The van der Waals surface area contributed by atoms with Gasteiger partial charge in [-0.25, -0.2) is 4.39 Å². The Morgan fingerprint density at radius 2 is 1.92 bits per heavy atom. The van der Waals surface area contributed by atoms with Crippen LogP contribution in [0.1, 0.15) is 30.5 Å². The van der Waals surface area contributed by atoms with Crippen LogP contribution in [0, 0.1) is 19.7 Å². The lowest BCUT2D eigenvalue weighted by atomic mass is 10.1. The Balaban J connectivity index is 1.94. The average Bonchev–Trinajstić information content (AvgIpc) is 2.92. The largest absolute Gasteiger partial charge is 0.361 e. The van der Waals surface area contributed by atoms with Crippen LogP contribution < -0.4 is 4.90 Å². The fourth-order valence-electron chi connectivity index (χ4n) is 3.23. The first-order chi connectivity index (χ1) is 11.9. The number of hydrogen-bond donors (Lipinski definition) is 1. The van der Waals surface area contributed by atoms with E-state index in [2.05, 4.69) is 17.1 Å². The fourth-order valence-corrected chi connectivity index (χ4v) is 3.23. The summed E-state index contributed by atoms with van der Waals surface area (Å²) in [5.41, 5.74) is 4.75. The molecule has 0 unspecified atom stereocenters. The van der Waals surface area contributed by atoms with E-state index in [0.29, 0.717) is 5.52 Å². The van der Waals surface area contributed by atoms with Gasteiger partial charge in [-0.1, -0.05) is 12.1 Å². The molecule has 0 saturated heterocycles. The maximum absolute atomic E-state index is 13.4. The normalized spacial score (nSPS) is 11.3. The van der Waals surface area contributed by atoms with Crippen molar-refractivity contribution in [2.45, 2.75) is 40.2 Å². The van der Waals surface area contributed by atoms with Crippen LogP contribution in [0.15, 0.2) is 42.6 Å². The topological polar surface area (TPSA) is 36.1 Å². The molecule has 3 aromatic rings. The molecule has 3 nitrogen and oxygen atoms in total. The van der Waals surface area contributed by atoms with Crippen LogP contribution in [-0.4, -0.2) is 16.9 Å². The number of carbonyl (C=O) groups excluding carboxylic acids is 1. The van der Waals surface area contributed by atoms with Gasteiger partial charge in [-0.05, 0) is 68.7 Å². The van der Waals surface area contributed by atoms with E-state index in [-0.39, 0.29) is 24.2 Å². The summed E-state index contributed by atoms with van der Waals surface area (Å²) >= 11 is 0. The van der Waals surface area contributed by atoms with Crippen molar-refractivity contribution in [2.24, 2.45) is 0 Å². The number of aryl methyl sites for hydroxylation is 2. The molecule has 0 radical (unpaired) electrons. The van der Waals surface area contributed by atoms with Crippen LogP contribution in [0.25, 0.3) is 10.9 Å². The molecule has 0 aliphatic heterocycles. The van der Waals surface area contributed by atoms with Crippen LogP contribution in [0.3, 0.4) is 0 Å². The van der Waals surface area contributed by atoms with E-state index in [1.165, 1.54) is 12.1 Å². The molecule has 25 heavy (non-hydrogen) atoms. The molecule has 0 spiro atoms. The van der Waals surface area contributed by atoms with Gasteiger partial charge in [0.1, 0.15) is 5.82 Å². The minimum absolute atomic E-state index is 0.0360. The Morgan fingerprint density at radius 1 is 1.16 bits per heavy atom. The van der Waals surface area contributed by atoms with E-state index >= 15 is 0 Å². The first-order valence-corrected chi connectivity index (χ1v) is 8.51. The summed E-state index contributed by atoms with van der Waals surface area (Å²) in [5.74, 6) is -0.250. The van der Waals surface area contributed by atoms with Gasteiger partial charge in [0.2, 0.25) is 5.91 Å². The molecule has 2 aromatic carbocycles. The Bertz CT molecular complexity index is 927. The maximum atomic E-state index is 13.4. The highest BCUT2D eigenvalue weighted by molar-refractivity contribution is 5.98. The molecule has 0 aliphatic carbocycles. The number of hydrogen-bond acceptors (Lipinski definition) is 1. The van der Waals surface area contributed by atoms with Gasteiger partial charge >= 0.3 is 0 Å². The van der Waals surface area contributed by atoms with Gasteiger partial charge in [0.25, 0.3) is 0 Å². The summed E-state index contributed by atoms with van der Waals surface area (Å²) in [4.78, 5) is 18.0. The second-order valence-corrected chi connectivity index (χ2v) is 6.83. The quantitative estimate of drug-likeness (QED) is 0.721. The second kappa shape index (κ2) is 6.71. The third-order valence-corrected chi connectivity index (χ3v) is 4.48. The lowest BCUT2D eigenvalue weighted by Gasteiger charge is -2.29. The molecule has 1 amide bonds. The summed E-state index contributed by atoms with van der Waals surface area (Å²) in [6.07, 6.45) is 2.07. The number of fused-ring (bicyclic) bond motifs is 1. The standard InChI is InChI=1S/C21H23FN2O/c1-13(2)24(20-9-14(3)5-6-15(20)4)21(25)10-16-12-23-19-11-17(22)7-8-18(16)19/h5-9,11-13,23H,10H2,1-4H3. The Hall–Kier alpha value is -2.62. The third kappa shape index (κ3) is 3.43. The van der Waals surface area contributed by atoms with Crippen molar-refractivity contribution >= 4 is 22.5 Å². The minimum atomic E-state index is -0.286. The van der Waals surface area contributed by atoms with Crippen LogP contribution in [0.2, 0.25) is 0 Å².